The molecule has 0 bridgehead atoms. The predicted molar refractivity (Wildman–Crippen MR) is 69.0 cm³/mol. The summed E-state index contributed by atoms with van der Waals surface area (Å²) in [6.45, 7) is 2.00. The molecule has 0 saturated heterocycles. The monoisotopic (exact) mass is 258 g/mol. The highest BCUT2D eigenvalue weighted by Crippen LogP contribution is 2.30. The number of aromatic nitrogens is 1. The topological polar surface area (TPSA) is 38.9 Å². The van der Waals surface area contributed by atoms with Gasteiger partial charge in [-0.05, 0) is 25.1 Å². The van der Waals surface area contributed by atoms with Gasteiger partial charge >= 0.3 is 0 Å². The fourth-order valence-corrected chi connectivity index (χ4v) is 3.27. The lowest BCUT2D eigenvalue weighted by atomic mass is 10.3. The lowest BCUT2D eigenvalue weighted by Crippen LogP contribution is -2.17. The number of thioether (sulfide) groups is 1. The third-order valence-corrected chi connectivity index (χ3v) is 4.50. The number of thiazole rings is 1. The fourth-order valence-electron chi connectivity index (χ4n) is 1.14. The van der Waals surface area contributed by atoms with Gasteiger partial charge in [-0.25, -0.2) is 4.98 Å². The Hall–Kier alpha value is -0.290. The number of nitrogens with zero attached hydrogens (tertiary/aromatic N) is 1. The molecule has 15 heavy (non-hydrogen) atoms. The number of rotatable bonds is 3. The van der Waals surface area contributed by atoms with Crippen molar-refractivity contribution >= 4 is 44.9 Å². The molecular weight excluding hydrogens is 248 g/mol. The summed E-state index contributed by atoms with van der Waals surface area (Å²) in [4.78, 5) is 4.49. The van der Waals surface area contributed by atoms with Gasteiger partial charge < -0.3 is 5.73 Å². The zero-order valence-electron chi connectivity index (χ0n) is 8.24. The molecule has 2 nitrogen and oxygen atoms in total. The highest BCUT2D eigenvalue weighted by Gasteiger charge is 2.05. The minimum absolute atomic E-state index is 0.200. The number of nitrogens with two attached hydrogens (primary N) is 1. The SMILES string of the molecule is CC(N)CSc1nc2cc(Cl)ccc2s1. The Morgan fingerprint density at radius 1 is 1.60 bits per heavy atom. The first-order valence-electron chi connectivity index (χ1n) is 4.59. The summed E-state index contributed by atoms with van der Waals surface area (Å²) < 4.78 is 2.23. The van der Waals surface area contributed by atoms with Crippen LogP contribution in [0.5, 0.6) is 0 Å². The molecule has 2 N–H and O–H groups in total. The van der Waals surface area contributed by atoms with Crippen LogP contribution < -0.4 is 5.73 Å². The van der Waals surface area contributed by atoms with Crippen LogP contribution in [0.2, 0.25) is 5.02 Å². The van der Waals surface area contributed by atoms with Crippen LogP contribution in [0.25, 0.3) is 10.2 Å². The van der Waals surface area contributed by atoms with Gasteiger partial charge in [-0.2, -0.15) is 0 Å². The number of halogens is 1. The molecule has 0 aliphatic heterocycles. The first-order chi connectivity index (χ1) is 7.15. The van der Waals surface area contributed by atoms with Crippen molar-refractivity contribution in [3.8, 4) is 0 Å². The van der Waals surface area contributed by atoms with Gasteiger partial charge in [0.2, 0.25) is 0 Å². The molecule has 0 saturated carbocycles. The summed E-state index contributed by atoms with van der Waals surface area (Å²) >= 11 is 9.28. The van der Waals surface area contributed by atoms with Crippen LogP contribution in [-0.2, 0) is 0 Å². The maximum atomic E-state index is 5.89. The van der Waals surface area contributed by atoms with Crippen LogP contribution in [0, 0.1) is 0 Å². The summed E-state index contributed by atoms with van der Waals surface area (Å²) in [7, 11) is 0. The minimum atomic E-state index is 0.200. The molecule has 2 aromatic rings. The molecule has 1 aromatic heterocycles. The van der Waals surface area contributed by atoms with E-state index in [1.165, 1.54) is 4.70 Å². The van der Waals surface area contributed by atoms with E-state index in [2.05, 4.69) is 4.98 Å². The van der Waals surface area contributed by atoms with Crippen molar-refractivity contribution in [3.63, 3.8) is 0 Å². The Kier molecular flexibility index (Phi) is 3.51. The number of fused-ring (bicyclic) bond motifs is 1. The Labute approximate surface area is 102 Å². The highest BCUT2D eigenvalue weighted by molar-refractivity contribution is 8.01. The lowest BCUT2D eigenvalue weighted by Gasteiger charge is -1.99. The van der Waals surface area contributed by atoms with Crippen LogP contribution in [0.3, 0.4) is 0 Å². The van der Waals surface area contributed by atoms with Crippen molar-refractivity contribution in [2.45, 2.75) is 17.3 Å². The second-order valence-corrected chi connectivity index (χ2v) is 6.11. The van der Waals surface area contributed by atoms with E-state index in [9.17, 15) is 0 Å². The van der Waals surface area contributed by atoms with Gasteiger partial charge in [0.25, 0.3) is 0 Å². The second-order valence-electron chi connectivity index (χ2n) is 3.38. The normalized spacial score (nSPS) is 13.3. The van der Waals surface area contributed by atoms with Crippen LogP contribution in [0.1, 0.15) is 6.92 Å². The maximum absolute atomic E-state index is 5.89. The third-order valence-electron chi connectivity index (χ3n) is 1.80. The molecular formula is C10H11ClN2S2. The summed E-state index contributed by atoms with van der Waals surface area (Å²) in [5, 5.41) is 0.733. The summed E-state index contributed by atoms with van der Waals surface area (Å²) in [6, 6.07) is 5.99. The molecule has 80 valence electrons. The van der Waals surface area contributed by atoms with E-state index in [1.807, 2.05) is 25.1 Å². The molecule has 0 radical (unpaired) electrons. The molecule has 1 unspecified atom stereocenters. The van der Waals surface area contributed by atoms with Crippen molar-refractivity contribution in [2.24, 2.45) is 5.73 Å². The molecule has 2 rings (SSSR count). The maximum Gasteiger partial charge on any atom is 0.151 e. The van der Waals surface area contributed by atoms with Crippen molar-refractivity contribution in [1.29, 1.82) is 0 Å². The minimum Gasteiger partial charge on any atom is -0.327 e. The molecule has 0 amide bonds. The summed E-state index contributed by atoms with van der Waals surface area (Å²) in [5.74, 6) is 0.896. The Bertz CT molecular complexity index is 467. The molecule has 0 fully saturated rings. The van der Waals surface area contributed by atoms with Gasteiger partial charge in [0, 0.05) is 16.8 Å². The van der Waals surface area contributed by atoms with E-state index >= 15 is 0 Å². The molecule has 0 aliphatic carbocycles. The van der Waals surface area contributed by atoms with Crippen LogP contribution in [0.15, 0.2) is 22.5 Å². The van der Waals surface area contributed by atoms with Gasteiger partial charge in [0.05, 0.1) is 10.2 Å². The van der Waals surface area contributed by atoms with E-state index in [0.29, 0.717) is 0 Å². The number of benzene rings is 1. The second kappa shape index (κ2) is 4.70. The summed E-state index contributed by atoms with van der Waals surface area (Å²) in [6.07, 6.45) is 0. The van der Waals surface area contributed by atoms with Crippen molar-refractivity contribution in [2.75, 3.05) is 5.75 Å². The fraction of sp³-hybridized carbons (Fsp3) is 0.300. The molecule has 0 aliphatic rings. The summed E-state index contributed by atoms with van der Waals surface area (Å²) in [5.41, 5.74) is 6.67. The van der Waals surface area contributed by atoms with Crippen LogP contribution >= 0.6 is 34.7 Å². The Morgan fingerprint density at radius 2 is 2.40 bits per heavy atom. The predicted octanol–water partition coefficient (Wildman–Crippen LogP) is 3.39. The molecule has 1 aromatic carbocycles. The zero-order chi connectivity index (χ0) is 10.8. The van der Waals surface area contributed by atoms with Crippen molar-refractivity contribution in [3.05, 3.63) is 23.2 Å². The largest absolute Gasteiger partial charge is 0.327 e. The zero-order valence-corrected chi connectivity index (χ0v) is 10.6. The average molecular weight is 259 g/mol. The standard InChI is InChI=1S/C10H11ClN2S2/c1-6(12)5-14-10-13-8-4-7(11)2-3-9(8)15-10/h2-4,6H,5,12H2,1H3. The van der Waals surface area contributed by atoms with Gasteiger partial charge in [0.1, 0.15) is 0 Å². The van der Waals surface area contributed by atoms with Crippen LogP contribution in [-0.4, -0.2) is 16.8 Å². The van der Waals surface area contributed by atoms with E-state index in [-0.39, 0.29) is 6.04 Å². The number of hydrogen-bond acceptors (Lipinski definition) is 4. The highest BCUT2D eigenvalue weighted by atomic mass is 35.5. The number of hydrogen-bond donors (Lipinski definition) is 1. The Morgan fingerprint density at radius 3 is 3.13 bits per heavy atom. The quantitative estimate of drug-likeness (QED) is 0.858. The van der Waals surface area contributed by atoms with E-state index in [4.69, 9.17) is 17.3 Å². The molecule has 1 atom stereocenters. The van der Waals surface area contributed by atoms with E-state index in [0.717, 1.165) is 20.6 Å². The van der Waals surface area contributed by atoms with Gasteiger partial charge in [-0.1, -0.05) is 23.4 Å². The van der Waals surface area contributed by atoms with Gasteiger partial charge in [-0.3, -0.25) is 0 Å². The first-order valence-corrected chi connectivity index (χ1v) is 6.77. The van der Waals surface area contributed by atoms with Gasteiger partial charge in [0.15, 0.2) is 4.34 Å². The van der Waals surface area contributed by atoms with Gasteiger partial charge in [-0.15, -0.1) is 11.3 Å². The average Bonchev–Trinajstić information content (AvgIpc) is 2.56. The smallest absolute Gasteiger partial charge is 0.151 e. The molecule has 0 spiro atoms. The van der Waals surface area contributed by atoms with Crippen molar-refractivity contribution < 1.29 is 0 Å². The van der Waals surface area contributed by atoms with E-state index < -0.39 is 0 Å². The Balaban J connectivity index is 2.23. The molecule has 1 heterocycles. The third kappa shape index (κ3) is 2.84. The first kappa shape index (κ1) is 11.2. The van der Waals surface area contributed by atoms with Crippen LogP contribution in [0.4, 0.5) is 0 Å². The lowest BCUT2D eigenvalue weighted by molar-refractivity contribution is 0.847. The van der Waals surface area contributed by atoms with Crippen molar-refractivity contribution in [1.82, 2.24) is 4.98 Å². The van der Waals surface area contributed by atoms with E-state index in [1.54, 1.807) is 23.1 Å². The molecule has 5 heteroatoms.